The van der Waals surface area contributed by atoms with Crippen LogP contribution in [0, 0.1) is 5.41 Å². The predicted octanol–water partition coefficient (Wildman–Crippen LogP) is 10.4. The molecule has 3 aromatic rings. The molecule has 0 unspecified atom stereocenters. The molecular formula is C38H44O4+2. The maximum Gasteiger partial charge on any atom is 0.361 e. The lowest BCUT2D eigenvalue weighted by Crippen LogP contribution is -2.22. The first-order chi connectivity index (χ1) is 19.5. The number of hydrogen-bond donors (Lipinski definition) is 1. The van der Waals surface area contributed by atoms with E-state index >= 15 is 0 Å². The molecule has 0 saturated heterocycles. The zero-order valence-corrected chi connectivity index (χ0v) is 26.6. The van der Waals surface area contributed by atoms with E-state index in [4.69, 9.17) is 9.15 Å². The smallest absolute Gasteiger partial charge is 0.361 e. The van der Waals surface area contributed by atoms with Crippen LogP contribution in [0.2, 0.25) is 0 Å². The Morgan fingerprint density at radius 3 is 2.07 bits per heavy atom. The van der Waals surface area contributed by atoms with Crippen LogP contribution < -0.4 is 4.74 Å². The lowest BCUT2D eigenvalue weighted by Gasteiger charge is -2.29. The zero-order valence-electron chi connectivity index (χ0n) is 26.6. The molecule has 0 atom stereocenters. The van der Waals surface area contributed by atoms with Crippen molar-refractivity contribution in [1.82, 2.24) is 0 Å². The molecular weight excluding hydrogens is 520 g/mol. The molecule has 2 aliphatic rings. The molecule has 2 aromatic carbocycles. The van der Waals surface area contributed by atoms with Crippen molar-refractivity contribution in [3.05, 3.63) is 105 Å². The summed E-state index contributed by atoms with van der Waals surface area (Å²) in [6.45, 7) is 21.3. The minimum Gasteiger partial charge on any atom is -0.506 e. The van der Waals surface area contributed by atoms with E-state index in [1.807, 2.05) is 36.4 Å². The summed E-state index contributed by atoms with van der Waals surface area (Å²) < 4.78 is 12.6. The molecule has 1 aliphatic heterocycles. The highest BCUT2D eigenvalue weighted by atomic mass is 16.5. The van der Waals surface area contributed by atoms with Crippen molar-refractivity contribution in [3.8, 4) is 5.75 Å². The fraction of sp³-hybridized carbons (Fsp3) is 0.368. The van der Waals surface area contributed by atoms with Gasteiger partial charge in [-0.25, -0.2) is 4.42 Å². The minimum absolute atomic E-state index is 0.0741. The van der Waals surface area contributed by atoms with Crippen LogP contribution >= 0.6 is 0 Å². The first-order valence-corrected chi connectivity index (χ1v) is 14.9. The topological polar surface area (TPSA) is 62.2 Å². The SMILES string of the molecule is CC(C)c1ccc2c(c1)C(=CC1=C(O)C(=Cc3cc(C(C)(C)C)[o+]c4ccc(C(C)C)cc34)C1=[OH+])C=C(C(C)(C)C)O2. The average molecular weight is 565 g/mol. The number of rotatable bonds is 4. The van der Waals surface area contributed by atoms with Gasteiger partial charge in [-0.05, 0) is 91.8 Å². The van der Waals surface area contributed by atoms with Crippen LogP contribution in [0.15, 0.2) is 81.7 Å². The van der Waals surface area contributed by atoms with Gasteiger partial charge in [-0.3, -0.25) is 4.79 Å². The summed E-state index contributed by atoms with van der Waals surface area (Å²) in [6.07, 6.45) is 5.77. The van der Waals surface area contributed by atoms with Gasteiger partial charge in [0.2, 0.25) is 0 Å². The van der Waals surface area contributed by atoms with Crippen LogP contribution in [0.4, 0.5) is 0 Å². The van der Waals surface area contributed by atoms with Gasteiger partial charge >= 0.3 is 17.1 Å². The largest absolute Gasteiger partial charge is 0.506 e. The fourth-order valence-corrected chi connectivity index (χ4v) is 5.19. The van der Waals surface area contributed by atoms with Gasteiger partial charge < -0.3 is 9.84 Å². The summed E-state index contributed by atoms with van der Waals surface area (Å²) in [5.74, 6) is 3.32. The number of allylic oxidation sites excluding steroid dienone is 6. The number of ether oxygens (including phenoxy) is 1. The van der Waals surface area contributed by atoms with Crippen LogP contribution in [0.25, 0.3) is 22.6 Å². The zero-order chi connectivity index (χ0) is 30.7. The second-order valence-corrected chi connectivity index (χ2v) is 14.3. The summed E-state index contributed by atoms with van der Waals surface area (Å²) in [5.41, 5.74) is 6.36. The number of aliphatic hydroxyl groups excluding tert-OH is 1. The van der Waals surface area contributed by atoms with Gasteiger partial charge in [0.25, 0.3) is 0 Å². The summed E-state index contributed by atoms with van der Waals surface area (Å²) in [6, 6.07) is 14.6. The fourth-order valence-electron chi connectivity index (χ4n) is 5.19. The van der Waals surface area contributed by atoms with Crippen molar-refractivity contribution in [2.24, 2.45) is 5.41 Å². The predicted molar refractivity (Wildman–Crippen MR) is 175 cm³/mol. The van der Waals surface area contributed by atoms with Crippen LogP contribution in [0.3, 0.4) is 0 Å². The lowest BCUT2D eigenvalue weighted by molar-refractivity contribution is 0.290. The first-order valence-electron chi connectivity index (χ1n) is 14.9. The Bertz CT molecular complexity index is 1730. The molecule has 4 nitrogen and oxygen atoms in total. The monoisotopic (exact) mass is 564 g/mol. The van der Waals surface area contributed by atoms with Crippen molar-refractivity contribution < 1.29 is 19.1 Å². The van der Waals surface area contributed by atoms with Crippen molar-refractivity contribution in [3.63, 3.8) is 0 Å². The van der Waals surface area contributed by atoms with Crippen molar-refractivity contribution in [2.45, 2.75) is 86.5 Å². The Hall–Kier alpha value is -3.92. The van der Waals surface area contributed by atoms with Gasteiger partial charge in [0.15, 0.2) is 0 Å². The molecule has 4 heteroatoms. The molecule has 0 bridgehead atoms. The van der Waals surface area contributed by atoms with Crippen molar-refractivity contribution in [2.75, 3.05) is 0 Å². The summed E-state index contributed by atoms with van der Waals surface area (Å²) in [4.78, 5) is 11.3. The molecule has 0 amide bonds. The summed E-state index contributed by atoms with van der Waals surface area (Å²) in [5, 5.41) is 12.3. The molecule has 2 heterocycles. The Morgan fingerprint density at radius 1 is 0.833 bits per heavy atom. The van der Waals surface area contributed by atoms with E-state index in [0.717, 1.165) is 44.9 Å². The van der Waals surface area contributed by atoms with E-state index in [9.17, 15) is 9.90 Å². The summed E-state index contributed by atoms with van der Waals surface area (Å²) >= 11 is 0. The third kappa shape index (κ3) is 5.47. The highest BCUT2D eigenvalue weighted by Crippen LogP contribution is 2.43. The average Bonchev–Trinajstić information content (AvgIpc) is 2.92. The van der Waals surface area contributed by atoms with E-state index in [0.29, 0.717) is 23.0 Å². The van der Waals surface area contributed by atoms with Gasteiger partial charge in [-0.15, -0.1) is 0 Å². The third-order valence-electron chi connectivity index (χ3n) is 8.07. The molecule has 5 rings (SSSR count). The molecule has 1 aliphatic carbocycles. The van der Waals surface area contributed by atoms with Crippen LogP contribution in [0.1, 0.15) is 109 Å². The highest BCUT2D eigenvalue weighted by molar-refractivity contribution is 6.25. The van der Waals surface area contributed by atoms with E-state index in [2.05, 4.69) is 93.5 Å². The second kappa shape index (κ2) is 10.4. The Balaban J connectivity index is 1.65. The van der Waals surface area contributed by atoms with Gasteiger partial charge in [0.05, 0.1) is 10.8 Å². The Kier molecular flexibility index (Phi) is 7.33. The Labute approximate surface area is 250 Å². The van der Waals surface area contributed by atoms with Crippen molar-refractivity contribution in [1.29, 1.82) is 0 Å². The maximum absolute atomic E-state index is 11.3. The first kappa shape index (κ1) is 29.6. The molecule has 0 saturated carbocycles. The van der Waals surface area contributed by atoms with E-state index < -0.39 is 0 Å². The number of hydrogen-bond acceptors (Lipinski definition) is 2. The standard InChI is InChI=1S/C38H42O4/c1-21(2)23-11-13-31-27(15-23)25(19-33(41-31)37(5,6)7)17-29-35(39)30(36(29)40)18-26-20-34(38(8,9)10)42-32-14-12-24(22(3)4)16-28(26)32/h11-22H,1-10H3/p+2. The number of aliphatic hydroxyl groups is 1. The third-order valence-corrected chi connectivity index (χ3v) is 8.07. The van der Waals surface area contributed by atoms with Gasteiger partial charge in [0.1, 0.15) is 28.4 Å². The van der Waals surface area contributed by atoms with Crippen molar-refractivity contribution >= 4 is 28.4 Å². The highest BCUT2D eigenvalue weighted by Gasteiger charge is 2.40. The molecule has 1 aromatic heterocycles. The quantitative estimate of drug-likeness (QED) is 0.253. The lowest BCUT2D eigenvalue weighted by atomic mass is 9.82. The maximum atomic E-state index is 11.3. The van der Waals surface area contributed by atoms with Crippen LogP contribution in [0.5, 0.6) is 5.75 Å². The number of carbonyl (C=O) groups excluding carboxylic acids is 1. The molecule has 0 fully saturated rings. The molecule has 218 valence electrons. The number of benzene rings is 2. The molecule has 0 spiro atoms. The van der Waals surface area contributed by atoms with E-state index in [1.54, 1.807) is 0 Å². The van der Waals surface area contributed by atoms with Gasteiger partial charge in [0, 0.05) is 28.7 Å². The van der Waals surface area contributed by atoms with E-state index in [1.165, 1.54) is 11.1 Å². The molecule has 0 radical (unpaired) electrons. The second-order valence-electron chi connectivity index (χ2n) is 14.3. The number of ketones is 1. The van der Waals surface area contributed by atoms with E-state index in [-0.39, 0.29) is 22.4 Å². The summed E-state index contributed by atoms with van der Waals surface area (Å²) in [7, 11) is 0. The molecule has 42 heavy (non-hydrogen) atoms. The minimum atomic E-state index is -0.209. The van der Waals surface area contributed by atoms with Gasteiger partial charge in [-0.2, -0.15) is 0 Å². The van der Waals surface area contributed by atoms with Crippen LogP contribution in [-0.4, -0.2) is 15.7 Å². The van der Waals surface area contributed by atoms with Crippen LogP contribution in [-0.2, 0) is 5.41 Å². The number of fused-ring (bicyclic) bond motifs is 2. The normalized spacial score (nSPS) is 17.7. The Morgan fingerprint density at radius 2 is 1.48 bits per heavy atom. The van der Waals surface area contributed by atoms with Gasteiger partial charge in [-0.1, -0.05) is 54.5 Å². The molecule has 2 N–H and O–H groups in total.